The van der Waals surface area contributed by atoms with Crippen LogP contribution < -0.4 is 5.32 Å². The topological polar surface area (TPSA) is 67.0 Å². The number of aromatic nitrogens is 2. The van der Waals surface area contributed by atoms with Crippen LogP contribution in [0.1, 0.15) is 40.7 Å². The molecule has 0 saturated heterocycles. The molecule has 28 heavy (non-hydrogen) atoms. The molecule has 5 nitrogen and oxygen atoms in total. The van der Waals surface area contributed by atoms with E-state index in [1.165, 1.54) is 5.56 Å². The number of carbonyl (C=O) groups is 1. The van der Waals surface area contributed by atoms with Crippen LogP contribution in [0.25, 0.3) is 11.1 Å². The number of aryl methyl sites for hydroxylation is 2. The maximum absolute atomic E-state index is 12.7. The number of nitrogens with zero attached hydrogens (tertiary/aromatic N) is 1. The van der Waals surface area contributed by atoms with E-state index in [-0.39, 0.29) is 11.9 Å². The summed E-state index contributed by atoms with van der Waals surface area (Å²) >= 11 is 0. The molecule has 0 saturated carbocycles. The number of aromatic amines is 1. The Labute approximate surface area is 166 Å². The fourth-order valence-electron chi connectivity index (χ4n) is 3.33. The normalized spacial score (nSPS) is 12.0. The molecule has 1 aromatic heterocycles. The fourth-order valence-corrected chi connectivity index (χ4v) is 3.33. The van der Waals surface area contributed by atoms with Gasteiger partial charge in [-0.05, 0) is 49.9 Å². The predicted octanol–water partition coefficient (Wildman–Crippen LogP) is 4.28. The lowest BCUT2D eigenvalue weighted by Gasteiger charge is -2.14. The van der Waals surface area contributed by atoms with E-state index in [0.717, 1.165) is 35.4 Å². The van der Waals surface area contributed by atoms with Gasteiger partial charge >= 0.3 is 0 Å². The van der Waals surface area contributed by atoms with Crippen molar-refractivity contribution in [2.24, 2.45) is 0 Å². The van der Waals surface area contributed by atoms with Crippen LogP contribution in [0.5, 0.6) is 0 Å². The zero-order valence-electron chi connectivity index (χ0n) is 16.7. The highest BCUT2D eigenvalue weighted by atomic mass is 16.5. The molecule has 1 amide bonds. The Hall–Kier alpha value is -2.92. The first-order valence-electron chi connectivity index (χ1n) is 9.56. The van der Waals surface area contributed by atoms with E-state index in [2.05, 4.69) is 27.6 Å². The Kier molecular flexibility index (Phi) is 6.61. The van der Waals surface area contributed by atoms with Crippen molar-refractivity contribution in [3.63, 3.8) is 0 Å². The van der Waals surface area contributed by atoms with Crippen molar-refractivity contribution in [1.29, 1.82) is 0 Å². The average Bonchev–Trinajstić information content (AvgIpc) is 3.08. The van der Waals surface area contributed by atoms with Gasteiger partial charge in [0.25, 0.3) is 5.91 Å². The molecule has 0 radical (unpaired) electrons. The van der Waals surface area contributed by atoms with Crippen LogP contribution in [0.15, 0.2) is 54.6 Å². The number of benzene rings is 2. The third-order valence-electron chi connectivity index (χ3n) is 4.80. The monoisotopic (exact) mass is 377 g/mol. The molecule has 3 rings (SSSR count). The third-order valence-corrected chi connectivity index (χ3v) is 4.80. The van der Waals surface area contributed by atoms with Gasteiger partial charge in [-0.25, -0.2) is 0 Å². The summed E-state index contributed by atoms with van der Waals surface area (Å²) in [4.78, 5) is 12.7. The highest BCUT2D eigenvalue weighted by molar-refractivity contribution is 5.95. The first-order chi connectivity index (χ1) is 13.6. The SMILES string of the molecule is COCc1n[nH]c(C)c1-c1cccc(C(=O)N[C@H](C)CCc2ccccc2)c1. The van der Waals surface area contributed by atoms with E-state index < -0.39 is 0 Å². The van der Waals surface area contributed by atoms with Gasteiger partial charge in [0.2, 0.25) is 0 Å². The third kappa shape index (κ3) is 4.87. The van der Waals surface area contributed by atoms with Crippen molar-refractivity contribution in [1.82, 2.24) is 15.5 Å². The van der Waals surface area contributed by atoms with Gasteiger partial charge in [-0.15, -0.1) is 0 Å². The molecular formula is C23H27N3O2. The van der Waals surface area contributed by atoms with Crippen LogP contribution in [0.4, 0.5) is 0 Å². The summed E-state index contributed by atoms with van der Waals surface area (Å²) < 4.78 is 5.24. The molecule has 0 fully saturated rings. The second-order valence-electron chi connectivity index (χ2n) is 7.08. The van der Waals surface area contributed by atoms with Crippen LogP contribution in [-0.4, -0.2) is 29.3 Å². The lowest BCUT2D eigenvalue weighted by Crippen LogP contribution is -2.32. The summed E-state index contributed by atoms with van der Waals surface area (Å²) in [5.74, 6) is -0.0585. The minimum Gasteiger partial charge on any atom is -0.378 e. The second-order valence-corrected chi connectivity index (χ2v) is 7.08. The van der Waals surface area contributed by atoms with Crippen molar-refractivity contribution in [3.05, 3.63) is 77.1 Å². The van der Waals surface area contributed by atoms with Gasteiger partial charge in [-0.1, -0.05) is 42.5 Å². The van der Waals surface area contributed by atoms with Crippen molar-refractivity contribution >= 4 is 5.91 Å². The quantitative estimate of drug-likeness (QED) is 0.616. The molecule has 1 atom stereocenters. The van der Waals surface area contributed by atoms with Gasteiger partial charge in [-0.2, -0.15) is 5.10 Å². The standard InChI is InChI=1S/C23H27N3O2/c1-16(12-13-18-8-5-4-6-9-18)24-23(27)20-11-7-10-19(14-20)22-17(2)25-26-21(22)15-28-3/h4-11,14,16H,12-13,15H2,1-3H3,(H,24,27)(H,25,26)/t16-/m1/s1. The average molecular weight is 377 g/mol. The number of H-pyrrole nitrogens is 1. The smallest absolute Gasteiger partial charge is 0.251 e. The number of hydrogen-bond acceptors (Lipinski definition) is 3. The minimum atomic E-state index is -0.0585. The molecule has 0 spiro atoms. The van der Waals surface area contributed by atoms with Gasteiger partial charge in [0.05, 0.1) is 12.3 Å². The van der Waals surface area contributed by atoms with E-state index in [9.17, 15) is 4.79 Å². The molecule has 0 aliphatic heterocycles. The Morgan fingerprint density at radius 1 is 1.18 bits per heavy atom. The molecule has 2 N–H and O–H groups in total. The maximum Gasteiger partial charge on any atom is 0.251 e. The molecular weight excluding hydrogens is 350 g/mol. The number of ether oxygens (including phenoxy) is 1. The molecule has 146 valence electrons. The first-order valence-corrected chi connectivity index (χ1v) is 9.56. The molecule has 1 heterocycles. The summed E-state index contributed by atoms with van der Waals surface area (Å²) in [6.45, 7) is 4.44. The molecule has 0 aliphatic carbocycles. The fraction of sp³-hybridized carbons (Fsp3) is 0.304. The molecule has 5 heteroatoms. The highest BCUT2D eigenvalue weighted by Crippen LogP contribution is 2.27. The van der Waals surface area contributed by atoms with Gasteiger partial charge < -0.3 is 10.1 Å². The number of rotatable bonds is 8. The van der Waals surface area contributed by atoms with Crippen LogP contribution in [0.3, 0.4) is 0 Å². The van der Waals surface area contributed by atoms with E-state index in [4.69, 9.17) is 4.74 Å². The number of hydrogen-bond donors (Lipinski definition) is 2. The largest absolute Gasteiger partial charge is 0.378 e. The Balaban J connectivity index is 1.68. The molecule has 0 unspecified atom stereocenters. The summed E-state index contributed by atoms with van der Waals surface area (Å²) in [6, 6.07) is 18.1. The lowest BCUT2D eigenvalue weighted by atomic mass is 10.0. The van der Waals surface area contributed by atoms with Crippen molar-refractivity contribution < 1.29 is 9.53 Å². The summed E-state index contributed by atoms with van der Waals surface area (Å²) in [6.07, 6.45) is 1.84. The van der Waals surface area contributed by atoms with Crippen molar-refractivity contribution in [2.45, 2.75) is 39.3 Å². The van der Waals surface area contributed by atoms with Crippen molar-refractivity contribution in [2.75, 3.05) is 7.11 Å². The van der Waals surface area contributed by atoms with E-state index >= 15 is 0 Å². The van der Waals surface area contributed by atoms with Crippen LogP contribution >= 0.6 is 0 Å². The van der Waals surface area contributed by atoms with E-state index in [0.29, 0.717) is 12.2 Å². The highest BCUT2D eigenvalue weighted by Gasteiger charge is 2.15. The zero-order valence-corrected chi connectivity index (χ0v) is 16.7. The Morgan fingerprint density at radius 2 is 1.96 bits per heavy atom. The summed E-state index contributed by atoms with van der Waals surface area (Å²) in [7, 11) is 1.65. The summed E-state index contributed by atoms with van der Waals surface area (Å²) in [5.41, 5.74) is 5.69. The molecule has 2 aromatic carbocycles. The van der Waals surface area contributed by atoms with Crippen molar-refractivity contribution in [3.8, 4) is 11.1 Å². The molecule has 0 aliphatic rings. The van der Waals surface area contributed by atoms with Gasteiger partial charge in [-0.3, -0.25) is 9.89 Å². The Morgan fingerprint density at radius 3 is 2.71 bits per heavy atom. The maximum atomic E-state index is 12.7. The van der Waals surface area contributed by atoms with Crippen LogP contribution in [-0.2, 0) is 17.8 Å². The van der Waals surface area contributed by atoms with Gasteiger partial charge in [0, 0.05) is 30.0 Å². The first kappa shape index (κ1) is 19.8. The summed E-state index contributed by atoms with van der Waals surface area (Å²) in [5, 5.41) is 10.4. The molecule has 0 bridgehead atoms. The number of carbonyl (C=O) groups excluding carboxylic acids is 1. The van der Waals surface area contributed by atoms with E-state index in [1.54, 1.807) is 7.11 Å². The predicted molar refractivity (Wildman–Crippen MR) is 111 cm³/mol. The van der Waals surface area contributed by atoms with Gasteiger partial charge in [0.15, 0.2) is 0 Å². The minimum absolute atomic E-state index is 0.0585. The molecule has 3 aromatic rings. The Bertz CT molecular complexity index is 919. The lowest BCUT2D eigenvalue weighted by molar-refractivity contribution is 0.0938. The van der Waals surface area contributed by atoms with E-state index in [1.807, 2.05) is 56.3 Å². The van der Waals surface area contributed by atoms with Crippen LogP contribution in [0.2, 0.25) is 0 Å². The number of nitrogens with one attached hydrogen (secondary N) is 2. The zero-order chi connectivity index (χ0) is 19.9. The number of methoxy groups -OCH3 is 1. The van der Waals surface area contributed by atoms with Gasteiger partial charge in [0.1, 0.15) is 0 Å². The number of amides is 1. The second kappa shape index (κ2) is 9.33. The van der Waals surface area contributed by atoms with Crippen LogP contribution in [0, 0.1) is 6.92 Å².